The molecule has 1 aromatic carbocycles. The lowest BCUT2D eigenvalue weighted by Gasteiger charge is -2.13. The van der Waals surface area contributed by atoms with Crippen molar-refractivity contribution in [3.63, 3.8) is 0 Å². The fourth-order valence-corrected chi connectivity index (χ4v) is 2.49. The van der Waals surface area contributed by atoms with Gasteiger partial charge in [-0.1, -0.05) is 13.8 Å². The minimum atomic E-state index is -0.248. The van der Waals surface area contributed by atoms with Gasteiger partial charge in [-0.25, -0.2) is 4.79 Å². The van der Waals surface area contributed by atoms with E-state index in [1.54, 1.807) is 0 Å². The first-order chi connectivity index (χ1) is 10.5. The van der Waals surface area contributed by atoms with Crippen molar-refractivity contribution in [3.05, 3.63) is 30.5 Å². The van der Waals surface area contributed by atoms with Crippen LogP contribution < -0.4 is 10.6 Å². The number of aliphatic hydroxyl groups excluding tert-OH is 1. The van der Waals surface area contributed by atoms with Crippen LogP contribution in [-0.4, -0.2) is 28.4 Å². The Morgan fingerprint density at radius 3 is 2.73 bits per heavy atom. The molecular formula is C17H25N3O2. The number of rotatable bonds is 6. The molecule has 5 nitrogen and oxygen atoms in total. The zero-order valence-electron chi connectivity index (χ0n) is 13.5. The maximum absolute atomic E-state index is 11.9. The molecule has 5 heteroatoms. The van der Waals surface area contributed by atoms with Gasteiger partial charge in [0.15, 0.2) is 0 Å². The van der Waals surface area contributed by atoms with E-state index in [1.807, 2.05) is 25.1 Å². The predicted molar refractivity (Wildman–Crippen MR) is 90.1 cm³/mol. The number of hydrogen-bond acceptors (Lipinski definition) is 2. The zero-order valence-corrected chi connectivity index (χ0v) is 13.5. The molecule has 0 aliphatic heterocycles. The predicted octanol–water partition coefficient (Wildman–Crippen LogP) is 3.19. The molecule has 1 atom stereocenters. The number of hydrogen-bond donors (Lipinski definition) is 3. The Bertz CT molecular complexity index is 634. The Balaban J connectivity index is 2.05. The Hall–Kier alpha value is -2.01. The molecule has 0 spiro atoms. The summed E-state index contributed by atoms with van der Waals surface area (Å²) in [6.45, 7) is 7.30. The van der Waals surface area contributed by atoms with Crippen LogP contribution in [0.5, 0.6) is 0 Å². The van der Waals surface area contributed by atoms with Crippen LogP contribution in [0.4, 0.5) is 10.5 Å². The van der Waals surface area contributed by atoms with Crippen molar-refractivity contribution in [3.8, 4) is 0 Å². The van der Waals surface area contributed by atoms with E-state index in [1.165, 1.54) is 5.52 Å². The number of aromatic nitrogens is 1. The Kier molecular flexibility index (Phi) is 5.44. The van der Waals surface area contributed by atoms with E-state index in [0.29, 0.717) is 12.3 Å². The van der Waals surface area contributed by atoms with Crippen LogP contribution in [-0.2, 0) is 6.54 Å². The third kappa shape index (κ3) is 4.24. The summed E-state index contributed by atoms with van der Waals surface area (Å²) >= 11 is 0. The number of aliphatic hydroxyl groups is 1. The second-order valence-electron chi connectivity index (χ2n) is 6.15. The Labute approximate surface area is 131 Å². The van der Waals surface area contributed by atoms with Crippen molar-refractivity contribution in [2.45, 2.75) is 39.8 Å². The molecule has 2 aromatic rings. The highest BCUT2D eigenvalue weighted by atomic mass is 16.3. The molecule has 0 radical (unpaired) electrons. The van der Waals surface area contributed by atoms with Gasteiger partial charge >= 0.3 is 6.03 Å². The van der Waals surface area contributed by atoms with Gasteiger partial charge in [-0.2, -0.15) is 0 Å². The van der Waals surface area contributed by atoms with Gasteiger partial charge in [0.05, 0.1) is 0 Å². The molecule has 1 heterocycles. The monoisotopic (exact) mass is 303 g/mol. The van der Waals surface area contributed by atoms with Gasteiger partial charge in [-0.3, -0.25) is 0 Å². The van der Waals surface area contributed by atoms with Gasteiger partial charge in [-0.05, 0) is 43.5 Å². The molecule has 0 aliphatic carbocycles. The van der Waals surface area contributed by atoms with Crippen molar-refractivity contribution in [2.24, 2.45) is 5.92 Å². The number of anilines is 1. The van der Waals surface area contributed by atoms with Gasteiger partial charge in [0.2, 0.25) is 0 Å². The summed E-state index contributed by atoms with van der Waals surface area (Å²) < 4.78 is 2.23. The maximum Gasteiger partial charge on any atom is 0.319 e. The number of amides is 2. The molecule has 0 saturated carbocycles. The average Bonchev–Trinajstić information content (AvgIpc) is 2.80. The van der Waals surface area contributed by atoms with Crippen LogP contribution in [0, 0.1) is 5.92 Å². The highest BCUT2D eigenvalue weighted by Crippen LogP contribution is 2.21. The molecule has 0 fully saturated rings. The first-order valence-electron chi connectivity index (χ1n) is 7.77. The molecule has 0 unspecified atom stereocenters. The maximum atomic E-state index is 11.9. The van der Waals surface area contributed by atoms with E-state index in [2.05, 4.69) is 41.3 Å². The molecule has 2 amide bonds. The van der Waals surface area contributed by atoms with E-state index >= 15 is 0 Å². The summed E-state index contributed by atoms with van der Waals surface area (Å²) in [5.41, 5.74) is 1.94. The molecule has 1 aromatic heterocycles. The summed E-state index contributed by atoms with van der Waals surface area (Å²) in [6, 6.07) is 7.68. The van der Waals surface area contributed by atoms with E-state index < -0.39 is 0 Å². The Morgan fingerprint density at radius 2 is 2.05 bits per heavy atom. The third-order valence-electron chi connectivity index (χ3n) is 3.53. The summed E-state index contributed by atoms with van der Waals surface area (Å²) in [5.74, 6) is 0.590. The summed E-state index contributed by atoms with van der Waals surface area (Å²) in [7, 11) is 0. The summed E-state index contributed by atoms with van der Waals surface area (Å²) in [4.78, 5) is 11.9. The number of fused-ring (bicyclic) bond motifs is 1. The van der Waals surface area contributed by atoms with E-state index in [-0.39, 0.29) is 18.7 Å². The Morgan fingerprint density at radius 1 is 1.27 bits per heavy atom. The van der Waals surface area contributed by atoms with Gasteiger partial charge in [0, 0.05) is 42.0 Å². The second-order valence-corrected chi connectivity index (χ2v) is 6.15. The number of nitrogens with one attached hydrogen (secondary N) is 2. The van der Waals surface area contributed by atoms with E-state index in [4.69, 9.17) is 5.11 Å². The van der Waals surface area contributed by atoms with Crippen molar-refractivity contribution in [1.29, 1.82) is 0 Å². The number of carbonyl (C=O) groups excluding carboxylic acids is 1. The van der Waals surface area contributed by atoms with E-state index in [0.717, 1.165) is 17.6 Å². The van der Waals surface area contributed by atoms with Gasteiger partial charge in [-0.15, -0.1) is 0 Å². The number of benzene rings is 1. The van der Waals surface area contributed by atoms with Crippen LogP contribution >= 0.6 is 0 Å². The van der Waals surface area contributed by atoms with E-state index in [9.17, 15) is 4.79 Å². The van der Waals surface area contributed by atoms with Crippen molar-refractivity contribution >= 4 is 22.6 Å². The van der Waals surface area contributed by atoms with Crippen molar-refractivity contribution < 1.29 is 9.90 Å². The van der Waals surface area contributed by atoms with Gasteiger partial charge < -0.3 is 20.3 Å². The fraction of sp³-hybridized carbons (Fsp3) is 0.471. The van der Waals surface area contributed by atoms with Crippen LogP contribution in [0.2, 0.25) is 0 Å². The van der Waals surface area contributed by atoms with Gasteiger partial charge in [0.1, 0.15) is 0 Å². The molecule has 22 heavy (non-hydrogen) atoms. The number of carbonyl (C=O) groups is 1. The summed E-state index contributed by atoms with van der Waals surface area (Å²) in [5, 5.41) is 15.6. The average molecular weight is 303 g/mol. The topological polar surface area (TPSA) is 66.3 Å². The minimum Gasteiger partial charge on any atom is -0.396 e. The minimum absolute atomic E-state index is 0.0548. The zero-order chi connectivity index (χ0) is 16.1. The van der Waals surface area contributed by atoms with Crippen LogP contribution in [0.25, 0.3) is 10.9 Å². The molecule has 0 aliphatic rings. The normalized spacial score (nSPS) is 12.6. The lowest BCUT2D eigenvalue weighted by atomic mass is 10.2. The lowest BCUT2D eigenvalue weighted by molar-refractivity contribution is 0.241. The van der Waals surface area contributed by atoms with Crippen LogP contribution in [0.15, 0.2) is 30.5 Å². The highest BCUT2D eigenvalue weighted by Gasteiger charge is 2.08. The molecule has 3 N–H and O–H groups in total. The SMILES string of the molecule is CC(C)Cn1ccc2cc(NC(=O)N[C@H](C)CCO)ccc21. The molecular weight excluding hydrogens is 278 g/mol. The first-order valence-corrected chi connectivity index (χ1v) is 7.77. The quantitative estimate of drug-likeness (QED) is 0.767. The standard InChI is InChI=1S/C17H25N3O2/c1-12(2)11-20-8-6-14-10-15(4-5-16(14)20)19-17(22)18-13(3)7-9-21/h4-6,8,10,12-13,21H,7,9,11H2,1-3H3,(H2,18,19,22)/t13-/m1/s1. The largest absolute Gasteiger partial charge is 0.396 e. The third-order valence-corrected chi connectivity index (χ3v) is 3.53. The first kappa shape index (κ1) is 16.4. The second kappa shape index (κ2) is 7.31. The summed E-state index contributed by atoms with van der Waals surface area (Å²) in [6.07, 6.45) is 2.63. The van der Waals surface area contributed by atoms with Gasteiger partial charge in [0.25, 0.3) is 0 Å². The molecule has 0 saturated heterocycles. The molecule has 2 rings (SSSR count). The molecule has 0 bridgehead atoms. The fourth-order valence-electron chi connectivity index (χ4n) is 2.49. The number of urea groups is 1. The van der Waals surface area contributed by atoms with Crippen LogP contribution in [0.3, 0.4) is 0 Å². The van der Waals surface area contributed by atoms with Crippen molar-refractivity contribution in [2.75, 3.05) is 11.9 Å². The number of nitrogens with zero attached hydrogens (tertiary/aromatic N) is 1. The molecule has 120 valence electrons. The lowest BCUT2D eigenvalue weighted by Crippen LogP contribution is -2.36. The van der Waals surface area contributed by atoms with Crippen molar-refractivity contribution in [1.82, 2.24) is 9.88 Å². The van der Waals surface area contributed by atoms with Crippen LogP contribution in [0.1, 0.15) is 27.2 Å². The smallest absolute Gasteiger partial charge is 0.319 e. The highest BCUT2D eigenvalue weighted by molar-refractivity contribution is 5.93.